The Balaban J connectivity index is 4.17. The van der Waals surface area contributed by atoms with Crippen molar-refractivity contribution < 1.29 is 4.79 Å². The summed E-state index contributed by atoms with van der Waals surface area (Å²) in [5.74, 6) is 1.48. The molecule has 3 nitrogen and oxygen atoms in total. The van der Waals surface area contributed by atoms with Gasteiger partial charge in [0, 0.05) is 18.8 Å². The lowest BCUT2D eigenvalue weighted by atomic mass is 10.0. The molecule has 2 atom stereocenters. The first-order chi connectivity index (χ1) is 6.90. The number of likely N-dealkylation sites (N-methyl/N-ethyl adjacent to an activating group) is 1. The van der Waals surface area contributed by atoms with Crippen LogP contribution in [-0.4, -0.2) is 41.9 Å². The molecule has 0 rings (SSSR count). The molecule has 0 saturated carbocycles. The zero-order valence-electron chi connectivity index (χ0n) is 10.5. The molecule has 1 amide bonds. The van der Waals surface area contributed by atoms with Crippen LogP contribution in [0.2, 0.25) is 0 Å². The maximum atomic E-state index is 11.9. The van der Waals surface area contributed by atoms with E-state index in [4.69, 9.17) is 5.73 Å². The van der Waals surface area contributed by atoms with Crippen molar-refractivity contribution in [1.29, 1.82) is 0 Å². The average Bonchev–Trinajstić information content (AvgIpc) is 2.14. The monoisotopic (exact) mass is 232 g/mol. The molecule has 15 heavy (non-hydrogen) atoms. The van der Waals surface area contributed by atoms with E-state index in [2.05, 4.69) is 20.8 Å². The summed E-state index contributed by atoms with van der Waals surface area (Å²) in [7, 11) is 1.84. The highest BCUT2D eigenvalue weighted by molar-refractivity contribution is 7.98. The largest absolute Gasteiger partial charge is 0.341 e. The number of carbonyl (C=O) groups is 1. The Morgan fingerprint density at radius 2 is 1.93 bits per heavy atom. The van der Waals surface area contributed by atoms with E-state index in [0.29, 0.717) is 5.92 Å². The Bertz CT molecular complexity index is 197. The Kier molecular flexibility index (Phi) is 7.02. The van der Waals surface area contributed by atoms with Crippen LogP contribution in [0.3, 0.4) is 0 Å². The SMILES string of the molecule is CSCC(C)N(C)C(=O)[C@@H](N)CC(C)C. The molecule has 1 unspecified atom stereocenters. The molecule has 0 aromatic carbocycles. The minimum atomic E-state index is -0.348. The van der Waals surface area contributed by atoms with E-state index in [1.165, 1.54) is 0 Å². The van der Waals surface area contributed by atoms with Crippen LogP contribution in [0, 0.1) is 5.92 Å². The second-order valence-electron chi connectivity index (χ2n) is 4.49. The summed E-state index contributed by atoms with van der Waals surface area (Å²) in [6.45, 7) is 6.22. The highest BCUT2D eigenvalue weighted by Crippen LogP contribution is 2.09. The predicted octanol–water partition coefficient (Wildman–Crippen LogP) is 1.57. The second kappa shape index (κ2) is 7.12. The van der Waals surface area contributed by atoms with E-state index < -0.39 is 0 Å². The van der Waals surface area contributed by atoms with Gasteiger partial charge in [-0.2, -0.15) is 11.8 Å². The van der Waals surface area contributed by atoms with Gasteiger partial charge in [-0.25, -0.2) is 0 Å². The van der Waals surface area contributed by atoms with Gasteiger partial charge in [-0.05, 0) is 25.5 Å². The van der Waals surface area contributed by atoms with Crippen molar-refractivity contribution in [2.75, 3.05) is 19.1 Å². The molecule has 0 bridgehead atoms. The van der Waals surface area contributed by atoms with Crippen molar-refractivity contribution in [3.8, 4) is 0 Å². The molecule has 0 spiro atoms. The maximum Gasteiger partial charge on any atom is 0.239 e. The van der Waals surface area contributed by atoms with Gasteiger partial charge in [-0.15, -0.1) is 0 Å². The van der Waals surface area contributed by atoms with Crippen LogP contribution < -0.4 is 5.73 Å². The van der Waals surface area contributed by atoms with Gasteiger partial charge in [0.1, 0.15) is 0 Å². The number of carbonyl (C=O) groups excluding carboxylic acids is 1. The first-order valence-electron chi connectivity index (χ1n) is 5.41. The fraction of sp³-hybridized carbons (Fsp3) is 0.909. The van der Waals surface area contributed by atoms with Crippen molar-refractivity contribution in [1.82, 2.24) is 4.90 Å². The molecule has 0 aliphatic rings. The van der Waals surface area contributed by atoms with Gasteiger partial charge in [-0.3, -0.25) is 4.79 Å². The van der Waals surface area contributed by atoms with Gasteiger partial charge in [0.25, 0.3) is 0 Å². The molecule has 0 aliphatic carbocycles. The minimum absolute atomic E-state index is 0.0604. The number of amides is 1. The molecule has 0 heterocycles. The third kappa shape index (κ3) is 5.42. The summed E-state index contributed by atoms with van der Waals surface area (Å²) in [6, 6.07) is -0.0926. The van der Waals surface area contributed by atoms with Gasteiger partial charge in [-0.1, -0.05) is 13.8 Å². The quantitative estimate of drug-likeness (QED) is 0.756. The number of hydrogen-bond acceptors (Lipinski definition) is 3. The second-order valence-corrected chi connectivity index (χ2v) is 5.40. The Morgan fingerprint density at radius 3 is 2.33 bits per heavy atom. The Labute approximate surface area is 97.8 Å². The fourth-order valence-corrected chi connectivity index (χ4v) is 2.15. The number of rotatable bonds is 6. The summed E-state index contributed by atoms with van der Waals surface area (Å²) in [5.41, 5.74) is 5.86. The lowest BCUT2D eigenvalue weighted by Gasteiger charge is -2.27. The molecular formula is C11H24N2OS. The summed E-state index contributed by atoms with van der Waals surface area (Å²) in [6.07, 6.45) is 2.80. The smallest absolute Gasteiger partial charge is 0.239 e. The summed E-state index contributed by atoms with van der Waals surface area (Å²) in [4.78, 5) is 13.7. The van der Waals surface area contributed by atoms with Crippen LogP contribution in [0.25, 0.3) is 0 Å². The van der Waals surface area contributed by atoms with E-state index >= 15 is 0 Å². The Morgan fingerprint density at radius 1 is 1.40 bits per heavy atom. The van der Waals surface area contributed by atoms with Gasteiger partial charge >= 0.3 is 0 Å². The van der Waals surface area contributed by atoms with E-state index in [9.17, 15) is 4.79 Å². The van der Waals surface area contributed by atoms with Crippen LogP contribution in [0.1, 0.15) is 27.2 Å². The molecule has 0 aliphatic heterocycles. The van der Waals surface area contributed by atoms with Crippen molar-refractivity contribution in [2.45, 2.75) is 39.3 Å². The molecule has 4 heteroatoms. The molecule has 0 saturated heterocycles. The van der Waals surface area contributed by atoms with Crippen LogP contribution in [0.5, 0.6) is 0 Å². The molecule has 0 radical (unpaired) electrons. The topological polar surface area (TPSA) is 46.3 Å². The normalized spacial score (nSPS) is 15.1. The van der Waals surface area contributed by atoms with Gasteiger partial charge in [0.2, 0.25) is 5.91 Å². The van der Waals surface area contributed by atoms with Gasteiger partial charge < -0.3 is 10.6 Å². The van der Waals surface area contributed by atoms with E-state index in [1.54, 1.807) is 16.7 Å². The standard InChI is InChI=1S/C11H24N2OS/c1-8(2)6-10(12)11(14)13(4)9(3)7-15-5/h8-10H,6-7,12H2,1-5H3/t9?,10-/m0/s1. The third-order valence-corrected chi connectivity index (χ3v) is 3.27. The summed E-state index contributed by atoms with van der Waals surface area (Å²) < 4.78 is 0. The van der Waals surface area contributed by atoms with Crippen LogP contribution in [0.15, 0.2) is 0 Å². The average molecular weight is 232 g/mol. The van der Waals surface area contributed by atoms with E-state index in [-0.39, 0.29) is 18.0 Å². The van der Waals surface area contributed by atoms with Gasteiger partial charge in [0.15, 0.2) is 0 Å². The third-order valence-electron chi connectivity index (χ3n) is 2.46. The highest BCUT2D eigenvalue weighted by atomic mass is 32.2. The lowest BCUT2D eigenvalue weighted by Crippen LogP contribution is -2.46. The van der Waals surface area contributed by atoms with Crippen molar-refractivity contribution >= 4 is 17.7 Å². The van der Waals surface area contributed by atoms with Crippen LogP contribution in [0.4, 0.5) is 0 Å². The molecular weight excluding hydrogens is 208 g/mol. The van der Waals surface area contributed by atoms with Gasteiger partial charge in [0.05, 0.1) is 6.04 Å². The van der Waals surface area contributed by atoms with Crippen molar-refractivity contribution in [3.63, 3.8) is 0 Å². The van der Waals surface area contributed by atoms with E-state index in [1.807, 2.05) is 13.3 Å². The zero-order chi connectivity index (χ0) is 12.0. The number of hydrogen-bond donors (Lipinski definition) is 1. The fourth-order valence-electron chi connectivity index (χ4n) is 1.44. The summed E-state index contributed by atoms with van der Waals surface area (Å²) >= 11 is 1.75. The molecule has 90 valence electrons. The Hall–Kier alpha value is -0.220. The molecule has 0 fully saturated rings. The van der Waals surface area contributed by atoms with Crippen molar-refractivity contribution in [2.24, 2.45) is 11.7 Å². The summed E-state index contributed by atoms with van der Waals surface area (Å²) in [5, 5.41) is 0. The highest BCUT2D eigenvalue weighted by Gasteiger charge is 2.22. The maximum absolute atomic E-state index is 11.9. The first kappa shape index (κ1) is 14.8. The first-order valence-corrected chi connectivity index (χ1v) is 6.80. The van der Waals surface area contributed by atoms with Crippen LogP contribution in [-0.2, 0) is 4.79 Å². The lowest BCUT2D eigenvalue weighted by molar-refractivity contribution is -0.133. The predicted molar refractivity (Wildman–Crippen MR) is 68.0 cm³/mol. The number of thioether (sulfide) groups is 1. The minimum Gasteiger partial charge on any atom is -0.341 e. The van der Waals surface area contributed by atoms with Crippen LogP contribution >= 0.6 is 11.8 Å². The number of nitrogens with zero attached hydrogens (tertiary/aromatic N) is 1. The molecule has 2 N–H and O–H groups in total. The number of nitrogens with two attached hydrogens (primary N) is 1. The van der Waals surface area contributed by atoms with E-state index in [0.717, 1.165) is 12.2 Å². The zero-order valence-corrected chi connectivity index (χ0v) is 11.3. The molecule has 0 aromatic heterocycles. The van der Waals surface area contributed by atoms with Crippen molar-refractivity contribution in [3.05, 3.63) is 0 Å². The molecule has 0 aromatic rings.